The Morgan fingerprint density at radius 2 is 2.04 bits per heavy atom. The molecule has 4 rings (SSSR count). The summed E-state index contributed by atoms with van der Waals surface area (Å²) in [6.07, 6.45) is 2.29. The van der Waals surface area contributed by atoms with Crippen molar-refractivity contribution in [1.29, 1.82) is 0 Å². The van der Waals surface area contributed by atoms with Crippen molar-refractivity contribution < 1.29 is 14.3 Å². The Kier molecular flexibility index (Phi) is 4.26. The molecule has 2 amide bonds. The van der Waals surface area contributed by atoms with E-state index >= 15 is 0 Å². The summed E-state index contributed by atoms with van der Waals surface area (Å²) < 4.78 is 7.68. The Bertz CT molecular complexity index is 879. The number of fused-ring (bicyclic) bond motifs is 1. The quantitative estimate of drug-likeness (QED) is 0.810. The van der Waals surface area contributed by atoms with Gasteiger partial charge in [-0.25, -0.2) is 0 Å². The first-order valence-electron chi connectivity index (χ1n) is 9.19. The molecular formula is C20H24N4O3. The molecule has 142 valence electrons. The standard InChI is InChI=1S/C20H24N4O3/c1-14-16(11-21-22(14)3)19(26)23-10-9-17-20(2,13-23)27-12-18(25)24(17)15-7-5-4-6-8-15/h4-8,11,17H,9-10,12-13H2,1-3H3/t17-,20-/m1/s1. The van der Waals surface area contributed by atoms with E-state index in [1.165, 1.54) is 0 Å². The number of ether oxygens (including phenoxy) is 1. The number of morpholine rings is 1. The number of hydrogen-bond acceptors (Lipinski definition) is 4. The van der Waals surface area contributed by atoms with Crippen molar-refractivity contribution >= 4 is 17.5 Å². The normalized spacial score (nSPS) is 25.4. The topological polar surface area (TPSA) is 67.7 Å². The molecule has 0 radical (unpaired) electrons. The fourth-order valence-corrected chi connectivity index (χ4v) is 4.13. The Labute approximate surface area is 158 Å². The van der Waals surface area contributed by atoms with Gasteiger partial charge in [0.15, 0.2) is 0 Å². The van der Waals surface area contributed by atoms with Crippen molar-refractivity contribution in [2.45, 2.75) is 31.9 Å². The molecule has 2 saturated heterocycles. The van der Waals surface area contributed by atoms with Crippen LogP contribution in [0.4, 0.5) is 5.69 Å². The number of aromatic nitrogens is 2. The Morgan fingerprint density at radius 1 is 1.30 bits per heavy atom. The molecule has 0 unspecified atom stereocenters. The van der Waals surface area contributed by atoms with Crippen molar-refractivity contribution in [2.75, 3.05) is 24.6 Å². The molecule has 3 heterocycles. The maximum Gasteiger partial charge on any atom is 0.257 e. The highest BCUT2D eigenvalue weighted by atomic mass is 16.5. The van der Waals surface area contributed by atoms with Gasteiger partial charge in [-0.1, -0.05) is 18.2 Å². The van der Waals surface area contributed by atoms with Gasteiger partial charge in [0.05, 0.1) is 24.3 Å². The number of carbonyl (C=O) groups excluding carboxylic acids is 2. The van der Waals surface area contributed by atoms with E-state index in [1.807, 2.05) is 61.0 Å². The minimum absolute atomic E-state index is 0.0237. The van der Waals surface area contributed by atoms with E-state index in [4.69, 9.17) is 4.74 Å². The second kappa shape index (κ2) is 6.49. The number of nitrogens with zero attached hydrogens (tertiary/aromatic N) is 4. The summed E-state index contributed by atoms with van der Waals surface area (Å²) >= 11 is 0. The molecule has 27 heavy (non-hydrogen) atoms. The molecular weight excluding hydrogens is 344 g/mol. The Balaban J connectivity index is 1.60. The Morgan fingerprint density at radius 3 is 2.70 bits per heavy atom. The molecule has 2 aromatic rings. The first kappa shape index (κ1) is 17.7. The summed E-state index contributed by atoms with van der Waals surface area (Å²) in [6.45, 7) is 4.93. The van der Waals surface area contributed by atoms with E-state index < -0.39 is 5.60 Å². The molecule has 0 N–H and O–H groups in total. The number of benzene rings is 1. The van der Waals surface area contributed by atoms with Gasteiger partial charge in [0.25, 0.3) is 11.8 Å². The van der Waals surface area contributed by atoms with Crippen molar-refractivity contribution in [3.8, 4) is 0 Å². The lowest BCUT2D eigenvalue weighted by Gasteiger charge is -2.52. The minimum Gasteiger partial charge on any atom is -0.361 e. The van der Waals surface area contributed by atoms with Crippen molar-refractivity contribution in [2.24, 2.45) is 7.05 Å². The minimum atomic E-state index is -0.603. The molecule has 0 bridgehead atoms. The first-order valence-corrected chi connectivity index (χ1v) is 9.19. The highest BCUT2D eigenvalue weighted by Gasteiger charge is 2.50. The molecule has 2 atom stereocenters. The van der Waals surface area contributed by atoms with Crippen molar-refractivity contribution in [3.05, 3.63) is 47.8 Å². The molecule has 2 aliphatic rings. The number of amides is 2. The van der Waals surface area contributed by atoms with Crippen LogP contribution in [0.15, 0.2) is 36.5 Å². The summed E-state index contributed by atoms with van der Waals surface area (Å²) in [5.74, 6) is -0.0707. The second-order valence-electron chi connectivity index (χ2n) is 7.50. The van der Waals surface area contributed by atoms with Crippen LogP contribution in [0.5, 0.6) is 0 Å². The van der Waals surface area contributed by atoms with Crippen LogP contribution in [0.25, 0.3) is 0 Å². The van der Waals surface area contributed by atoms with Crippen LogP contribution in [-0.2, 0) is 16.6 Å². The average Bonchev–Trinajstić information content (AvgIpc) is 3.00. The molecule has 0 saturated carbocycles. The SMILES string of the molecule is Cc1c(C(=O)N2CC[C@H]3N(c4ccccc4)C(=O)CO[C@]3(C)C2)cnn1C. The largest absolute Gasteiger partial charge is 0.361 e. The van der Waals surface area contributed by atoms with Gasteiger partial charge >= 0.3 is 0 Å². The highest BCUT2D eigenvalue weighted by molar-refractivity contribution is 5.97. The summed E-state index contributed by atoms with van der Waals surface area (Å²) in [5.41, 5.74) is 1.74. The van der Waals surface area contributed by atoms with Gasteiger partial charge in [0, 0.05) is 25.0 Å². The zero-order valence-electron chi connectivity index (χ0n) is 15.9. The summed E-state index contributed by atoms with van der Waals surface area (Å²) in [4.78, 5) is 29.3. The van der Waals surface area contributed by atoms with Gasteiger partial charge in [-0.05, 0) is 32.4 Å². The average molecular weight is 368 g/mol. The predicted molar refractivity (Wildman–Crippen MR) is 101 cm³/mol. The summed E-state index contributed by atoms with van der Waals surface area (Å²) in [6, 6.07) is 9.59. The number of piperidine rings is 1. The third kappa shape index (κ3) is 2.92. The number of likely N-dealkylation sites (tertiary alicyclic amines) is 1. The molecule has 0 spiro atoms. The van der Waals surface area contributed by atoms with Crippen LogP contribution < -0.4 is 4.90 Å². The van der Waals surface area contributed by atoms with Crippen molar-refractivity contribution in [3.63, 3.8) is 0 Å². The van der Waals surface area contributed by atoms with Crippen LogP contribution in [0.1, 0.15) is 29.4 Å². The fraction of sp³-hybridized carbons (Fsp3) is 0.450. The maximum atomic E-state index is 13.0. The van der Waals surface area contributed by atoms with Crippen LogP contribution in [0.2, 0.25) is 0 Å². The number of rotatable bonds is 2. The molecule has 1 aromatic heterocycles. The lowest BCUT2D eigenvalue weighted by Crippen LogP contribution is -2.68. The van der Waals surface area contributed by atoms with Crippen LogP contribution >= 0.6 is 0 Å². The number of hydrogen-bond donors (Lipinski definition) is 0. The maximum absolute atomic E-state index is 13.0. The third-order valence-electron chi connectivity index (χ3n) is 5.78. The van der Waals surface area contributed by atoms with Crippen LogP contribution in [0, 0.1) is 6.92 Å². The van der Waals surface area contributed by atoms with E-state index in [0.29, 0.717) is 25.1 Å². The monoisotopic (exact) mass is 368 g/mol. The van der Waals surface area contributed by atoms with E-state index in [0.717, 1.165) is 11.4 Å². The lowest BCUT2D eigenvalue weighted by atomic mass is 9.85. The number of para-hydroxylation sites is 1. The second-order valence-corrected chi connectivity index (χ2v) is 7.50. The molecule has 7 heteroatoms. The van der Waals surface area contributed by atoms with E-state index in [1.54, 1.807) is 10.9 Å². The zero-order chi connectivity index (χ0) is 19.2. The van der Waals surface area contributed by atoms with Crippen LogP contribution in [-0.4, -0.2) is 57.8 Å². The van der Waals surface area contributed by atoms with Gasteiger partial charge in [-0.2, -0.15) is 5.10 Å². The fourth-order valence-electron chi connectivity index (χ4n) is 4.13. The van der Waals surface area contributed by atoms with Gasteiger partial charge in [-0.3, -0.25) is 14.3 Å². The molecule has 2 fully saturated rings. The predicted octanol–water partition coefficient (Wildman–Crippen LogP) is 1.77. The molecule has 7 nitrogen and oxygen atoms in total. The number of anilines is 1. The molecule has 1 aromatic carbocycles. The van der Waals surface area contributed by atoms with Gasteiger partial charge in [-0.15, -0.1) is 0 Å². The number of aryl methyl sites for hydroxylation is 1. The summed E-state index contributed by atoms with van der Waals surface area (Å²) in [7, 11) is 1.83. The van der Waals surface area contributed by atoms with Crippen molar-refractivity contribution in [1.82, 2.24) is 14.7 Å². The first-order chi connectivity index (χ1) is 12.9. The van der Waals surface area contributed by atoms with E-state index in [-0.39, 0.29) is 24.5 Å². The Hall–Kier alpha value is -2.67. The molecule has 0 aliphatic carbocycles. The van der Waals surface area contributed by atoms with E-state index in [9.17, 15) is 9.59 Å². The smallest absolute Gasteiger partial charge is 0.257 e. The van der Waals surface area contributed by atoms with E-state index in [2.05, 4.69) is 5.10 Å². The van der Waals surface area contributed by atoms with Gasteiger partial charge in [0.1, 0.15) is 12.2 Å². The zero-order valence-corrected chi connectivity index (χ0v) is 15.9. The molecule has 2 aliphatic heterocycles. The van der Waals surface area contributed by atoms with Gasteiger partial charge < -0.3 is 14.5 Å². The van der Waals surface area contributed by atoms with Crippen LogP contribution in [0.3, 0.4) is 0 Å². The lowest BCUT2D eigenvalue weighted by molar-refractivity contribution is -0.149. The van der Waals surface area contributed by atoms with Gasteiger partial charge in [0.2, 0.25) is 0 Å². The summed E-state index contributed by atoms with van der Waals surface area (Å²) in [5, 5.41) is 4.18. The highest BCUT2D eigenvalue weighted by Crippen LogP contribution is 2.36. The third-order valence-corrected chi connectivity index (χ3v) is 5.78. The number of carbonyl (C=O) groups is 2.